The van der Waals surface area contributed by atoms with E-state index < -0.39 is 12.2 Å². The van der Waals surface area contributed by atoms with Crippen molar-refractivity contribution in [3.05, 3.63) is 76.3 Å². The molecule has 3 rings (SSSR count). The third-order valence-electron chi connectivity index (χ3n) is 5.36. The van der Waals surface area contributed by atoms with Crippen LogP contribution in [-0.4, -0.2) is 33.6 Å². The number of aromatic carboxylic acids is 1. The van der Waals surface area contributed by atoms with Crippen molar-refractivity contribution in [2.45, 2.75) is 45.9 Å². The number of imidazole rings is 1. The molecule has 174 valence electrons. The van der Waals surface area contributed by atoms with Gasteiger partial charge in [0.05, 0.1) is 5.56 Å². The summed E-state index contributed by atoms with van der Waals surface area (Å²) in [5, 5.41) is 12.5. The molecule has 1 amide bonds. The van der Waals surface area contributed by atoms with Crippen LogP contribution in [0.15, 0.2) is 48.5 Å². The molecule has 0 saturated carbocycles. The predicted molar refractivity (Wildman–Crippen MR) is 127 cm³/mol. The SMILES string of the molecule is CCCCc1nc(Cl)c(C(NC=O)OCC)n1Cc1ccc(-c2ccccc2C(=O)O)cc1. The van der Waals surface area contributed by atoms with E-state index >= 15 is 0 Å². The lowest BCUT2D eigenvalue weighted by Crippen LogP contribution is -2.26. The van der Waals surface area contributed by atoms with E-state index in [0.29, 0.717) is 36.0 Å². The first-order valence-electron chi connectivity index (χ1n) is 11.0. The van der Waals surface area contributed by atoms with Crippen LogP contribution in [0.4, 0.5) is 0 Å². The average molecular weight is 470 g/mol. The second-order valence-electron chi connectivity index (χ2n) is 7.56. The highest BCUT2D eigenvalue weighted by Gasteiger charge is 2.24. The number of benzene rings is 2. The number of nitrogens with zero attached hydrogens (tertiary/aromatic N) is 2. The van der Waals surface area contributed by atoms with E-state index in [2.05, 4.69) is 17.2 Å². The van der Waals surface area contributed by atoms with Crippen molar-refractivity contribution in [1.29, 1.82) is 0 Å². The van der Waals surface area contributed by atoms with Gasteiger partial charge in [-0.25, -0.2) is 9.78 Å². The Bertz CT molecular complexity index is 1100. The molecular weight excluding hydrogens is 442 g/mol. The minimum Gasteiger partial charge on any atom is -0.478 e. The highest BCUT2D eigenvalue weighted by molar-refractivity contribution is 6.30. The smallest absolute Gasteiger partial charge is 0.336 e. The lowest BCUT2D eigenvalue weighted by atomic mass is 9.98. The molecule has 8 heteroatoms. The van der Waals surface area contributed by atoms with Crippen LogP contribution in [0, 0.1) is 0 Å². The Morgan fingerprint density at radius 3 is 2.58 bits per heavy atom. The standard InChI is InChI=1S/C25H28ClN3O4/c1-3-5-10-21-28-23(26)22(24(27-16-30)33-4-2)29(21)15-17-11-13-18(14-12-17)19-8-6-7-9-20(19)25(31)32/h6-9,11-14,16,24H,3-5,10,15H2,1-2H3,(H,27,30)(H,31,32). The van der Waals surface area contributed by atoms with Crippen molar-refractivity contribution in [3.63, 3.8) is 0 Å². The van der Waals surface area contributed by atoms with Gasteiger partial charge in [0.2, 0.25) is 6.41 Å². The Labute approximate surface area is 198 Å². The summed E-state index contributed by atoms with van der Waals surface area (Å²) in [6, 6.07) is 14.7. The number of hydrogen-bond donors (Lipinski definition) is 2. The van der Waals surface area contributed by atoms with Gasteiger partial charge in [-0.05, 0) is 36.1 Å². The van der Waals surface area contributed by atoms with Crippen LogP contribution in [0.2, 0.25) is 5.15 Å². The fraction of sp³-hybridized carbons (Fsp3) is 0.320. The Morgan fingerprint density at radius 2 is 1.94 bits per heavy atom. The van der Waals surface area contributed by atoms with Gasteiger partial charge in [0.25, 0.3) is 0 Å². The number of carboxylic acid groups (broad SMARTS) is 1. The zero-order valence-corrected chi connectivity index (χ0v) is 19.5. The third-order valence-corrected chi connectivity index (χ3v) is 5.64. The molecule has 0 saturated heterocycles. The van der Waals surface area contributed by atoms with E-state index in [0.717, 1.165) is 36.2 Å². The van der Waals surface area contributed by atoms with Crippen LogP contribution in [0.25, 0.3) is 11.1 Å². The summed E-state index contributed by atoms with van der Waals surface area (Å²) in [7, 11) is 0. The maximum Gasteiger partial charge on any atom is 0.336 e. The molecule has 1 aromatic heterocycles. The topological polar surface area (TPSA) is 93.5 Å². The number of aromatic nitrogens is 2. The summed E-state index contributed by atoms with van der Waals surface area (Å²) < 4.78 is 7.71. The Kier molecular flexibility index (Phi) is 8.63. The number of unbranched alkanes of at least 4 members (excludes halogenated alkanes) is 1. The van der Waals surface area contributed by atoms with Gasteiger partial charge < -0.3 is 19.7 Å². The van der Waals surface area contributed by atoms with Gasteiger partial charge in [0.1, 0.15) is 11.5 Å². The Hall–Kier alpha value is -3.16. The van der Waals surface area contributed by atoms with Crippen molar-refractivity contribution < 1.29 is 19.4 Å². The summed E-state index contributed by atoms with van der Waals surface area (Å²) in [5.41, 5.74) is 3.34. The van der Waals surface area contributed by atoms with Crippen molar-refractivity contribution in [3.8, 4) is 11.1 Å². The van der Waals surface area contributed by atoms with Gasteiger partial charge in [0.15, 0.2) is 11.4 Å². The van der Waals surface area contributed by atoms with Crippen LogP contribution in [0.1, 0.15) is 60.4 Å². The van der Waals surface area contributed by atoms with Crippen LogP contribution in [-0.2, 0) is 22.5 Å². The summed E-state index contributed by atoms with van der Waals surface area (Å²) in [4.78, 5) is 27.3. The van der Waals surface area contributed by atoms with Gasteiger partial charge in [-0.1, -0.05) is 67.4 Å². The molecule has 1 unspecified atom stereocenters. The van der Waals surface area contributed by atoms with Gasteiger partial charge in [-0.2, -0.15) is 0 Å². The highest BCUT2D eigenvalue weighted by Crippen LogP contribution is 2.28. The summed E-state index contributed by atoms with van der Waals surface area (Å²) in [6.45, 7) is 4.84. The van der Waals surface area contributed by atoms with E-state index in [4.69, 9.17) is 16.3 Å². The van der Waals surface area contributed by atoms with E-state index in [1.165, 1.54) is 0 Å². The molecule has 0 aliphatic carbocycles. The van der Waals surface area contributed by atoms with Gasteiger partial charge in [-0.15, -0.1) is 0 Å². The average Bonchev–Trinajstić information content (AvgIpc) is 3.12. The third kappa shape index (κ3) is 5.80. The van der Waals surface area contributed by atoms with Crippen LogP contribution < -0.4 is 5.32 Å². The molecule has 1 heterocycles. The molecule has 2 aromatic carbocycles. The molecular formula is C25H28ClN3O4. The normalized spacial score (nSPS) is 11.8. The van der Waals surface area contributed by atoms with Crippen LogP contribution in [0.3, 0.4) is 0 Å². The second-order valence-corrected chi connectivity index (χ2v) is 7.92. The summed E-state index contributed by atoms with van der Waals surface area (Å²) >= 11 is 6.49. The van der Waals surface area contributed by atoms with E-state index in [-0.39, 0.29) is 5.56 Å². The number of amides is 1. The first kappa shape index (κ1) is 24.5. The van der Waals surface area contributed by atoms with Gasteiger partial charge >= 0.3 is 5.97 Å². The number of hydrogen-bond acceptors (Lipinski definition) is 4. The molecule has 0 spiro atoms. The predicted octanol–water partition coefficient (Wildman–Crippen LogP) is 5.07. The zero-order valence-electron chi connectivity index (χ0n) is 18.8. The molecule has 0 fully saturated rings. The number of halogens is 1. The number of ether oxygens (including phenoxy) is 1. The second kappa shape index (κ2) is 11.6. The fourth-order valence-electron chi connectivity index (χ4n) is 3.76. The number of rotatable bonds is 12. The lowest BCUT2D eigenvalue weighted by Gasteiger charge is -2.20. The Balaban J connectivity index is 1.96. The largest absolute Gasteiger partial charge is 0.478 e. The lowest BCUT2D eigenvalue weighted by molar-refractivity contribution is -0.113. The minimum absolute atomic E-state index is 0.260. The molecule has 0 radical (unpaired) electrons. The van der Waals surface area contributed by atoms with E-state index in [9.17, 15) is 14.7 Å². The number of carbonyl (C=O) groups is 2. The quantitative estimate of drug-likeness (QED) is 0.285. The van der Waals surface area contributed by atoms with Crippen molar-refractivity contribution >= 4 is 24.0 Å². The summed E-state index contributed by atoms with van der Waals surface area (Å²) in [6.07, 6.45) is 2.61. The molecule has 0 aliphatic rings. The van der Waals surface area contributed by atoms with Crippen LogP contribution >= 0.6 is 11.6 Å². The number of carbonyl (C=O) groups excluding carboxylic acids is 1. The maximum atomic E-state index is 11.6. The molecule has 1 atom stereocenters. The zero-order chi connectivity index (χ0) is 23.8. The molecule has 33 heavy (non-hydrogen) atoms. The molecule has 7 nitrogen and oxygen atoms in total. The highest BCUT2D eigenvalue weighted by atomic mass is 35.5. The first-order chi connectivity index (χ1) is 16.0. The summed E-state index contributed by atoms with van der Waals surface area (Å²) in [5.74, 6) is -0.132. The molecule has 0 bridgehead atoms. The molecule has 3 aromatic rings. The first-order valence-corrected chi connectivity index (χ1v) is 11.4. The van der Waals surface area contributed by atoms with Crippen LogP contribution in [0.5, 0.6) is 0 Å². The van der Waals surface area contributed by atoms with Crippen molar-refractivity contribution in [1.82, 2.24) is 14.9 Å². The monoisotopic (exact) mass is 469 g/mol. The Morgan fingerprint density at radius 1 is 1.21 bits per heavy atom. The van der Waals surface area contributed by atoms with Gasteiger partial charge in [-0.3, -0.25) is 4.79 Å². The minimum atomic E-state index is -0.961. The van der Waals surface area contributed by atoms with Crippen molar-refractivity contribution in [2.24, 2.45) is 0 Å². The molecule has 0 aliphatic heterocycles. The van der Waals surface area contributed by atoms with Gasteiger partial charge in [0, 0.05) is 19.6 Å². The maximum absolute atomic E-state index is 11.6. The number of carboxylic acids is 1. The number of nitrogens with one attached hydrogen (secondary N) is 1. The van der Waals surface area contributed by atoms with Crippen molar-refractivity contribution in [2.75, 3.05) is 6.61 Å². The van der Waals surface area contributed by atoms with E-state index in [1.54, 1.807) is 18.2 Å². The molecule has 2 N–H and O–H groups in total. The van der Waals surface area contributed by atoms with E-state index in [1.807, 2.05) is 41.8 Å². The number of aryl methyl sites for hydroxylation is 1. The fourth-order valence-corrected chi connectivity index (χ4v) is 4.06.